The highest BCUT2D eigenvalue weighted by Crippen LogP contribution is 2.31. The van der Waals surface area contributed by atoms with Crippen molar-refractivity contribution in [1.82, 2.24) is 4.90 Å². The highest BCUT2D eigenvalue weighted by Gasteiger charge is 2.27. The first-order chi connectivity index (χ1) is 12.7. The number of hydrogen-bond acceptors (Lipinski definition) is 5. The van der Waals surface area contributed by atoms with E-state index in [9.17, 15) is 14.7 Å². The number of ether oxygens (including phenoxy) is 2. The van der Waals surface area contributed by atoms with Crippen LogP contribution in [0.3, 0.4) is 0 Å². The third-order valence-electron chi connectivity index (χ3n) is 3.47. The highest BCUT2D eigenvalue weighted by atomic mass is 35.5. The summed E-state index contributed by atoms with van der Waals surface area (Å²) in [6.07, 6.45) is -1.13. The van der Waals surface area contributed by atoms with E-state index in [4.69, 9.17) is 21.1 Å². The minimum Gasteiger partial charge on any atom is -0.506 e. The van der Waals surface area contributed by atoms with Crippen LogP contribution in [-0.4, -0.2) is 53.0 Å². The average Bonchev–Trinajstić information content (AvgIpc) is 2.50. The number of hydrogen-bond donors (Lipinski definition) is 1. The van der Waals surface area contributed by atoms with Gasteiger partial charge in [-0.25, -0.2) is 9.59 Å². The van der Waals surface area contributed by atoms with Gasteiger partial charge in [0.1, 0.15) is 17.0 Å². The Kier molecular flexibility index (Phi) is 7.99. The normalized spacial score (nSPS) is 11.7. The van der Waals surface area contributed by atoms with Crippen molar-refractivity contribution in [1.29, 1.82) is 0 Å². The van der Waals surface area contributed by atoms with Crippen LogP contribution in [0.2, 0.25) is 5.02 Å². The fraction of sp³-hybridized carbons (Fsp3) is 0.600. The summed E-state index contributed by atoms with van der Waals surface area (Å²) < 4.78 is 10.8. The maximum atomic E-state index is 12.7. The van der Waals surface area contributed by atoms with Gasteiger partial charge in [0.05, 0.1) is 5.69 Å². The van der Waals surface area contributed by atoms with Crippen LogP contribution in [0, 0.1) is 0 Å². The lowest BCUT2D eigenvalue weighted by molar-refractivity contribution is 0.0258. The Morgan fingerprint density at radius 2 is 1.54 bits per heavy atom. The SMILES string of the molecule is CCN(CCN(C(=O)OC(C)(C)C)c1cc(Cl)ccc1O)C(=O)OC(C)(C)C. The number of likely N-dealkylation sites (N-methyl/N-ethyl adjacent to an activating group) is 1. The van der Waals surface area contributed by atoms with E-state index in [0.29, 0.717) is 11.6 Å². The van der Waals surface area contributed by atoms with E-state index in [0.717, 1.165) is 0 Å². The number of carbonyl (C=O) groups is 2. The smallest absolute Gasteiger partial charge is 0.414 e. The Morgan fingerprint density at radius 1 is 1.00 bits per heavy atom. The van der Waals surface area contributed by atoms with Crippen molar-refractivity contribution < 1.29 is 24.2 Å². The molecular formula is C20H31ClN2O5. The van der Waals surface area contributed by atoms with E-state index in [-0.39, 0.29) is 24.5 Å². The summed E-state index contributed by atoms with van der Waals surface area (Å²) in [6.45, 7) is 13.1. The quantitative estimate of drug-likeness (QED) is 0.729. The number of benzene rings is 1. The van der Waals surface area contributed by atoms with Crippen molar-refractivity contribution in [2.75, 3.05) is 24.5 Å². The molecule has 1 aromatic rings. The van der Waals surface area contributed by atoms with Crippen LogP contribution in [0.4, 0.5) is 15.3 Å². The molecule has 0 heterocycles. The fourth-order valence-electron chi connectivity index (χ4n) is 2.27. The van der Waals surface area contributed by atoms with Crippen LogP contribution in [0.1, 0.15) is 48.5 Å². The fourth-order valence-corrected chi connectivity index (χ4v) is 2.43. The van der Waals surface area contributed by atoms with Gasteiger partial charge < -0.3 is 19.5 Å². The van der Waals surface area contributed by atoms with Crippen molar-refractivity contribution in [2.45, 2.75) is 59.7 Å². The minimum absolute atomic E-state index is 0.0932. The highest BCUT2D eigenvalue weighted by molar-refractivity contribution is 6.31. The molecule has 0 saturated carbocycles. The Bertz CT molecular complexity index is 695. The third-order valence-corrected chi connectivity index (χ3v) is 3.70. The molecule has 1 N–H and O–H groups in total. The van der Waals surface area contributed by atoms with E-state index in [1.165, 1.54) is 28.0 Å². The first-order valence-corrected chi connectivity index (χ1v) is 9.58. The molecule has 0 radical (unpaired) electrons. The number of phenols is 1. The molecular weight excluding hydrogens is 384 g/mol. The van der Waals surface area contributed by atoms with Gasteiger partial charge in [0.25, 0.3) is 0 Å². The summed E-state index contributed by atoms with van der Waals surface area (Å²) in [5.74, 6) is -0.115. The van der Waals surface area contributed by atoms with Crippen LogP contribution < -0.4 is 4.90 Å². The zero-order valence-electron chi connectivity index (χ0n) is 17.7. The Labute approximate surface area is 172 Å². The molecule has 7 nitrogen and oxygen atoms in total. The summed E-state index contributed by atoms with van der Waals surface area (Å²) in [4.78, 5) is 27.8. The van der Waals surface area contributed by atoms with Crippen molar-refractivity contribution in [3.8, 4) is 5.75 Å². The largest absolute Gasteiger partial charge is 0.506 e. The standard InChI is InChI=1S/C20H31ClN2O5/c1-8-22(17(25)27-19(2,3)4)11-12-23(18(26)28-20(5,6)7)15-13-14(21)9-10-16(15)24/h9-10,13,24H,8,11-12H2,1-7H3. The van der Waals surface area contributed by atoms with E-state index in [1.54, 1.807) is 41.5 Å². The summed E-state index contributed by atoms with van der Waals surface area (Å²) in [5, 5.41) is 10.6. The molecule has 158 valence electrons. The average molecular weight is 415 g/mol. The monoisotopic (exact) mass is 414 g/mol. The second-order valence-electron chi connectivity index (χ2n) is 8.33. The Hall–Kier alpha value is -2.15. The van der Waals surface area contributed by atoms with Crippen molar-refractivity contribution in [2.24, 2.45) is 0 Å². The molecule has 0 atom stereocenters. The number of anilines is 1. The van der Waals surface area contributed by atoms with Gasteiger partial charge in [-0.05, 0) is 66.7 Å². The van der Waals surface area contributed by atoms with E-state index >= 15 is 0 Å². The number of rotatable bonds is 5. The summed E-state index contributed by atoms with van der Waals surface area (Å²) in [5.41, 5.74) is -1.14. The number of carbonyl (C=O) groups excluding carboxylic acids is 2. The number of phenolic OH excluding ortho intramolecular Hbond substituents is 1. The van der Waals surface area contributed by atoms with Gasteiger partial charge in [-0.1, -0.05) is 11.6 Å². The van der Waals surface area contributed by atoms with Gasteiger partial charge in [0, 0.05) is 24.7 Å². The lowest BCUT2D eigenvalue weighted by Crippen LogP contribution is -2.44. The molecule has 0 aliphatic carbocycles. The predicted molar refractivity (Wildman–Crippen MR) is 110 cm³/mol. The van der Waals surface area contributed by atoms with Gasteiger partial charge in [0.2, 0.25) is 0 Å². The lowest BCUT2D eigenvalue weighted by Gasteiger charge is -2.31. The molecule has 0 spiro atoms. The third kappa shape index (κ3) is 7.84. The van der Waals surface area contributed by atoms with Gasteiger partial charge >= 0.3 is 12.2 Å². The number of amides is 2. The second kappa shape index (κ2) is 9.37. The van der Waals surface area contributed by atoms with E-state index < -0.39 is 23.4 Å². The Balaban J connectivity index is 3.07. The number of nitrogens with zero attached hydrogens (tertiary/aromatic N) is 2. The summed E-state index contributed by atoms with van der Waals surface area (Å²) >= 11 is 6.04. The van der Waals surface area contributed by atoms with E-state index in [1.807, 2.05) is 6.92 Å². The topological polar surface area (TPSA) is 79.3 Å². The zero-order chi connectivity index (χ0) is 21.7. The minimum atomic E-state index is -0.723. The molecule has 1 rings (SSSR count). The molecule has 1 aromatic carbocycles. The molecule has 0 aliphatic rings. The van der Waals surface area contributed by atoms with Crippen LogP contribution in [0.5, 0.6) is 5.75 Å². The number of halogens is 1. The molecule has 8 heteroatoms. The molecule has 0 aromatic heterocycles. The van der Waals surface area contributed by atoms with Gasteiger partial charge in [-0.15, -0.1) is 0 Å². The van der Waals surface area contributed by atoms with Crippen LogP contribution in [0.25, 0.3) is 0 Å². The maximum absolute atomic E-state index is 12.7. The van der Waals surface area contributed by atoms with E-state index in [2.05, 4.69) is 0 Å². The predicted octanol–water partition coefficient (Wildman–Crippen LogP) is 5.04. The molecule has 0 saturated heterocycles. The van der Waals surface area contributed by atoms with Gasteiger partial charge in [-0.2, -0.15) is 0 Å². The molecule has 2 amide bonds. The van der Waals surface area contributed by atoms with Crippen molar-refractivity contribution in [3.05, 3.63) is 23.2 Å². The molecule has 0 unspecified atom stereocenters. The summed E-state index contributed by atoms with van der Waals surface area (Å²) in [7, 11) is 0. The molecule has 0 aliphatic heterocycles. The molecule has 0 fully saturated rings. The van der Waals surface area contributed by atoms with Gasteiger partial charge in [0.15, 0.2) is 0 Å². The van der Waals surface area contributed by atoms with Crippen LogP contribution >= 0.6 is 11.6 Å². The van der Waals surface area contributed by atoms with Crippen LogP contribution in [-0.2, 0) is 9.47 Å². The van der Waals surface area contributed by atoms with Crippen molar-refractivity contribution >= 4 is 29.5 Å². The molecule has 0 bridgehead atoms. The van der Waals surface area contributed by atoms with Crippen LogP contribution in [0.15, 0.2) is 18.2 Å². The first-order valence-electron chi connectivity index (χ1n) is 9.20. The second-order valence-corrected chi connectivity index (χ2v) is 8.76. The van der Waals surface area contributed by atoms with Gasteiger partial charge in [-0.3, -0.25) is 4.90 Å². The first kappa shape index (κ1) is 23.9. The summed E-state index contributed by atoms with van der Waals surface area (Å²) in [6, 6.07) is 4.40. The zero-order valence-corrected chi connectivity index (χ0v) is 18.5. The molecule has 28 heavy (non-hydrogen) atoms. The lowest BCUT2D eigenvalue weighted by atomic mass is 10.2. The van der Waals surface area contributed by atoms with Crippen molar-refractivity contribution in [3.63, 3.8) is 0 Å². The number of aromatic hydroxyl groups is 1. The Morgan fingerprint density at radius 3 is 2.04 bits per heavy atom. The maximum Gasteiger partial charge on any atom is 0.414 e.